The van der Waals surface area contributed by atoms with Crippen LogP contribution in [0.1, 0.15) is 40.0 Å². The maximum absolute atomic E-state index is 9.02. The SMILES string of the molecule is CC(C)OCCN(C)CCCCC(C)(N)CO. The van der Waals surface area contributed by atoms with Crippen LogP contribution in [0.5, 0.6) is 0 Å². The first kappa shape index (κ1) is 16.8. The minimum Gasteiger partial charge on any atom is -0.394 e. The van der Waals surface area contributed by atoms with Gasteiger partial charge < -0.3 is 20.5 Å². The van der Waals surface area contributed by atoms with Crippen molar-refractivity contribution in [2.75, 3.05) is 33.4 Å². The average molecular weight is 246 g/mol. The molecule has 0 heterocycles. The van der Waals surface area contributed by atoms with Gasteiger partial charge in [0.05, 0.1) is 19.3 Å². The van der Waals surface area contributed by atoms with Crippen LogP contribution >= 0.6 is 0 Å². The third-order valence-electron chi connectivity index (χ3n) is 2.82. The number of nitrogens with two attached hydrogens (primary N) is 1. The van der Waals surface area contributed by atoms with Crippen molar-refractivity contribution in [2.24, 2.45) is 5.73 Å². The molecule has 0 fully saturated rings. The Labute approximate surface area is 106 Å². The summed E-state index contributed by atoms with van der Waals surface area (Å²) in [5.41, 5.74) is 5.45. The largest absolute Gasteiger partial charge is 0.394 e. The highest BCUT2D eigenvalue weighted by Crippen LogP contribution is 2.09. The molecule has 0 saturated heterocycles. The van der Waals surface area contributed by atoms with Crippen molar-refractivity contribution < 1.29 is 9.84 Å². The molecule has 0 bridgehead atoms. The lowest BCUT2D eigenvalue weighted by atomic mass is 9.97. The number of hydrogen-bond donors (Lipinski definition) is 2. The average Bonchev–Trinajstić information content (AvgIpc) is 2.24. The second-order valence-electron chi connectivity index (χ2n) is 5.49. The molecule has 0 aliphatic heterocycles. The molecule has 0 aliphatic rings. The predicted molar refractivity (Wildman–Crippen MR) is 72.1 cm³/mol. The number of aliphatic hydroxyl groups excluding tert-OH is 1. The second kappa shape index (κ2) is 8.86. The number of ether oxygens (including phenoxy) is 1. The normalized spacial score (nSPS) is 15.5. The van der Waals surface area contributed by atoms with Crippen LogP contribution in [0.4, 0.5) is 0 Å². The van der Waals surface area contributed by atoms with E-state index in [1.807, 2.05) is 6.92 Å². The molecule has 4 heteroatoms. The van der Waals surface area contributed by atoms with Crippen molar-refractivity contribution in [1.82, 2.24) is 4.90 Å². The molecule has 0 rings (SSSR count). The minimum atomic E-state index is -0.417. The van der Waals surface area contributed by atoms with Gasteiger partial charge in [-0.25, -0.2) is 0 Å². The van der Waals surface area contributed by atoms with Crippen molar-refractivity contribution in [1.29, 1.82) is 0 Å². The summed E-state index contributed by atoms with van der Waals surface area (Å²) in [6.07, 6.45) is 3.36. The first-order valence-corrected chi connectivity index (χ1v) is 6.57. The van der Waals surface area contributed by atoms with E-state index >= 15 is 0 Å². The number of unbranched alkanes of at least 4 members (excludes halogenated alkanes) is 1. The Hall–Kier alpha value is -0.160. The van der Waals surface area contributed by atoms with Gasteiger partial charge in [-0.05, 0) is 47.2 Å². The zero-order chi connectivity index (χ0) is 13.3. The summed E-state index contributed by atoms with van der Waals surface area (Å²) < 4.78 is 5.50. The third-order valence-corrected chi connectivity index (χ3v) is 2.82. The molecule has 0 aromatic rings. The second-order valence-corrected chi connectivity index (χ2v) is 5.49. The Balaban J connectivity index is 3.42. The van der Waals surface area contributed by atoms with Gasteiger partial charge in [-0.15, -0.1) is 0 Å². The molecule has 17 heavy (non-hydrogen) atoms. The molecule has 0 saturated carbocycles. The van der Waals surface area contributed by atoms with Crippen LogP contribution in [-0.4, -0.2) is 55.0 Å². The fraction of sp³-hybridized carbons (Fsp3) is 1.00. The molecule has 104 valence electrons. The van der Waals surface area contributed by atoms with E-state index in [0.29, 0.717) is 6.10 Å². The summed E-state index contributed by atoms with van der Waals surface area (Å²) in [6.45, 7) is 8.88. The van der Waals surface area contributed by atoms with E-state index in [1.54, 1.807) is 0 Å². The quantitative estimate of drug-likeness (QED) is 0.569. The van der Waals surface area contributed by atoms with E-state index in [2.05, 4.69) is 25.8 Å². The van der Waals surface area contributed by atoms with Crippen molar-refractivity contribution in [3.05, 3.63) is 0 Å². The Morgan fingerprint density at radius 2 is 1.94 bits per heavy atom. The lowest BCUT2D eigenvalue weighted by molar-refractivity contribution is 0.0635. The van der Waals surface area contributed by atoms with E-state index in [-0.39, 0.29) is 6.61 Å². The fourth-order valence-electron chi connectivity index (χ4n) is 1.55. The Kier molecular flexibility index (Phi) is 8.78. The van der Waals surface area contributed by atoms with Gasteiger partial charge in [0.15, 0.2) is 0 Å². The Morgan fingerprint density at radius 3 is 2.47 bits per heavy atom. The molecular weight excluding hydrogens is 216 g/mol. The first-order valence-electron chi connectivity index (χ1n) is 6.57. The number of rotatable bonds is 10. The van der Waals surface area contributed by atoms with Crippen LogP contribution < -0.4 is 5.73 Å². The van der Waals surface area contributed by atoms with Crippen LogP contribution in [0.3, 0.4) is 0 Å². The van der Waals surface area contributed by atoms with Gasteiger partial charge in [0.2, 0.25) is 0 Å². The molecule has 3 N–H and O–H groups in total. The molecule has 0 spiro atoms. The zero-order valence-corrected chi connectivity index (χ0v) is 11.9. The van der Waals surface area contributed by atoms with E-state index in [9.17, 15) is 0 Å². The van der Waals surface area contributed by atoms with Crippen LogP contribution in [0.15, 0.2) is 0 Å². The Morgan fingerprint density at radius 1 is 1.29 bits per heavy atom. The van der Waals surface area contributed by atoms with Gasteiger partial charge in [-0.1, -0.05) is 6.42 Å². The molecule has 0 amide bonds. The molecule has 0 aromatic carbocycles. The summed E-state index contributed by atoms with van der Waals surface area (Å²) in [7, 11) is 2.11. The smallest absolute Gasteiger partial charge is 0.0608 e. The van der Waals surface area contributed by atoms with E-state index < -0.39 is 5.54 Å². The fourth-order valence-corrected chi connectivity index (χ4v) is 1.55. The molecule has 0 aromatic heterocycles. The van der Waals surface area contributed by atoms with Gasteiger partial charge in [0.1, 0.15) is 0 Å². The standard InChI is InChI=1S/C13H30N2O2/c1-12(2)17-10-9-15(4)8-6-5-7-13(3,14)11-16/h12,16H,5-11,14H2,1-4H3. The van der Waals surface area contributed by atoms with Crippen LogP contribution in [0, 0.1) is 0 Å². The van der Waals surface area contributed by atoms with E-state index in [4.69, 9.17) is 15.6 Å². The monoisotopic (exact) mass is 246 g/mol. The first-order chi connectivity index (χ1) is 7.87. The zero-order valence-electron chi connectivity index (χ0n) is 11.9. The molecule has 4 nitrogen and oxygen atoms in total. The van der Waals surface area contributed by atoms with Crippen molar-refractivity contribution in [3.63, 3.8) is 0 Å². The number of likely N-dealkylation sites (N-methyl/N-ethyl adjacent to an activating group) is 1. The molecule has 1 atom stereocenters. The van der Waals surface area contributed by atoms with Crippen molar-refractivity contribution in [2.45, 2.75) is 51.7 Å². The number of hydrogen-bond acceptors (Lipinski definition) is 4. The maximum Gasteiger partial charge on any atom is 0.0608 e. The van der Waals surface area contributed by atoms with E-state index in [1.165, 1.54) is 0 Å². The molecule has 0 aliphatic carbocycles. The molecular formula is C13H30N2O2. The van der Waals surface area contributed by atoms with Gasteiger partial charge in [-0.2, -0.15) is 0 Å². The third kappa shape index (κ3) is 10.7. The lowest BCUT2D eigenvalue weighted by Crippen LogP contribution is -2.40. The summed E-state index contributed by atoms with van der Waals surface area (Å²) >= 11 is 0. The van der Waals surface area contributed by atoms with Crippen LogP contribution in [0.25, 0.3) is 0 Å². The summed E-state index contributed by atoms with van der Waals surface area (Å²) in [5.74, 6) is 0. The topological polar surface area (TPSA) is 58.7 Å². The maximum atomic E-state index is 9.02. The summed E-state index contributed by atoms with van der Waals surface area (Å²) in [6, 6.07) is 0. The predicted octanol–water partition coefficient (Wildman–Crippen LogP) is 1.22. The van der Waals surface area contributed by atoms with Gasteiger partial charge in [0.25, 0.3) is 0 Å². The Bertz CT molecular complexity index is 184. The van der Waals surface area contributed by atoms with Gasteiger partial charge >= 0.3 is 0 Å². The van der Waals surface area contributed by atoms with Crippen molar-refractivity contribution >= 4 is 0 Å². The minimum absolute atomic E-state index is 0.0606. The highest BCUT2D eigenvalue weighted by atomic mass is 16.5. The lowest BCUT2D eigenvalue weighted by Gasteiger charge is -2.22. The molecule has 1 unspecified atom stereocenters. The number of nitrogens with zero attached hydrogens (tertiary/aromatic N) is 1. The highest BCUT2D eigenvalue weighted by molar-refractivity contribution is 4.76. The van der Waals surface area contributed by atoms with Crippen molar-refractivity contribution in [3.8, 4) is 0 Å². The van der Waals surface area contributed by atoms with E-state index in [0.717, 1.165) is 39.0 Å². The van der Waals surface area contributed by atoms with Crippen LogP contribution in [-0.2, 0) is 4.74 Å². The number of aliphatic hydroxyl groups is 1. The van der Waals surface area contributed by atoms with Crippen LogP contribution in [0.2, 0.25) is 0 Å². The van der Waals surface area contributed by atoms with Gasteiger partial charge in [-0.3, -0.25) is 0 Å². The highest BCUT2D eigenvalue weighted by Gasteiger charge is 2.15. The summed E-state index contributed by atoms with van der Waals surface area (Å²) in [4.78, 5) is 2.27. The molecule has 0 radical (unpaired) electrons. The van der Waals surface area contributed by atoms with Gasteiger partial charge in [0, 0.05) is 12.1 Å². The summed E-state index contributed by atoms with van der Waals surface area (Å²) in [5, 5.41) is 9.02.